The van der Waals surface area contributed by atoms with E-state index < -0.39 is 0 Å². The molecule has 1 amide bonds. The normalized spacial score (nSPS) is 13.1. The van der Waals surface area contributed by atoms with Gasteiger partial charge in [-0.15, -0.1) is 11.3 Å². The Hall–Kier alpha value is -4.57. The molecule has 0 bridgehead atoms. The van der Waals surface area contributed by atoms with Crippen LogP contribution < -0.4 is 19.1 Å². The van der Waals surface area contributed by atoms with Gasteiger partial charge in [0.25, 0.3) is 5.91 Å². The van der Waals surface area contributed by atoms with Gasteiger partial charge in [-0.3, -0.25) is 9.69 Å². The highest BCUT2D eigenvalue weighted by atomic mass is 35.5. The number of thiazole rings is 1. The van der Waals surface area contributed by atoms with E-state index in [2.05, 4.69) is 40.1 Å². The number of para-hydroxylation sites is 1. The highest BCUT2D eigenvalue weighted by molar-refractivity contribution is 7.09. The minimum absolute atomic E-state index is 0.0238. The van der Waals surface area contributed by atoms with Crippen LogP contribution in [0.2, 0.25) is 5.02 Å². The monoisotopic (exact) mass is 696 g/mol. The lowest BCUT2D eigenvalue weighted by atomic mass is 10.1. The minimum Gasteiger partial charge on any atom is -0.493 e. The van der Waals surface area contributed by atoms with Gasteiger partial charge in [-0.2, -0.15) is 0 Å². The SMILES string of the molecule is COc1ccc(CCN(Cc2ccc(OCc3ccccc3)cc2)Cc2nc(C(=O)N3CCN(c4ccccc4Cl)CC3)cs2)cc1OC. The molecule has 8 nitrogen and oxygen atoms in total. The highest BCUT2D eigenvalue weighted by Gasteiger charge is 2.25. The molecule has 1 fully saturated rings. The lowest BCUT2D eigenvalue weighted by Crippen LogP contribution is -2.49. The van der Waals surface area contributed by atoms with Crippen molar-refractivity contribution in [2.45, 2.75) is 26.1 Å². The molecular weight excluding hydrogens is 656 g/mol. The second-order valence-corrected chi connectivity index (χ2v) is 13.3. The van der Waals surface area contributed by atoms with Crippen molar-refractivity contribution in [3.8, 4) is 17.2 Å². The van der Waals surface area contributed by atoms with Crippen LogP contribution in [0.5, 0.6) is 17.2 Å². The average Bonchev–Trinajstić information content (AvgIpc) is 3.62. The molecule has 6 rings (SSSR count). The molecule has 0 unspecified atom stereocenters. The van der Waals surface area contributed by atoms with Crippen LogP contribution in [0.15, 0.2) is 102 Å². The van der Waals surface area contributed by atoms with Crippen LogP contribution in [-0.4, -0.2) is 67.6 Å². The maximum atomic E-state index is 13.5. The molecule has 0 saturated carbocycles. The number of aromatic nitrogens is 1. The van der Waals surface area contributed by atoms with Gasteiger partial charge in [0.1, 0.15) is 23.1 Å². The van der Waals surface area contributed by atoms with Gasteiger partial charge >= 0.3 is 0 Å². The topological polar surface area (TPSA) is 67.4 Å². The number of ether oxygens (including phenoxy) is 3. The second-order valence-electron chi connectivity index (χ2n) is 11.9. The fraction of sp³-hybridized carbons (Fsp3) is 0.282. The number of carbonyl (C=O) groups is 1. The Kier molecular flexibility index (Phi) is 11.7. The van der Waals surface area contributed by atoms with Crippen LogP contribution in [0, 0.1) is 0 Å². The highest BCUT2D eigenvalue weighted by Crippen LogP contribution is 2.29. The number of halogens is 1. The first kappa shape index (κ1) is 34.3. The predicted molar refractivity (Wildman–Crippen MR) is 196 cm³/mol. The molecule has 0 atom stereocenters. The first-order chi connectivity index (χ1) is 24.0. The zero-order valence-electron chi connectivity index (χ0n) is 27.9. The summed E-state index contributed by atoms with van der Waals surface area (Å²) in [7, 11) is 3.30. The van der Waals surface area contributed by atoms with Crippen molar-refractivity contribution in [1.29, 1.82) is 0 Å². The molecule has 4 aromatic carbocycles. The Morgan fingerprint density at radius 2 is 1.53 bits per heavy atom. The smallest absolute Gasteiger partial charge is 0.273 e. The lowest BCUT2D eigenvalue weighted by molar-refractivity contribution is 0.0741. The van der Waals surface area contributed by atoms with Crippen molar-refractivity contribution < 1.29 is 19.0 Å². The van der Waals surface area contributed by atoms with Crippen molar-refractivity contribution in [1.82, 2.24) is 14.8 Å². The number of nitrogens with zero attached hydrogens (tertiary/aromatic N) is 4. The number of hydrogen-bond donors (Lipinski definition) is 0. The third-order valence-electron chi connectivity index (χ3n) is 8.63. The van der Waals surface area contributed by atoms with Crippen LogP contribution in [-0.2, 0) is 26.1 Å². The minimum atomic E-state index is -0.0238. The van der Waals surface area contributed by atoms with Crippen molar-refractivity contribution >= 4 is 34.5 Å². The standard InChI is InChI=1S/C39H41ClN4O4S/c1-46-36-17-14-29(24-37(36)47-2)18-19-42(25-30-12-15-32(16-13-30)48-27-31-8-4-3-5-9-31)26-38-41-34(28-49-38)39(45)44-22-20-43(21-23-44)35-11-7-6-10-33(35)40/h3-17,24,28H,18-23,25-27H2,1-2H3. The Bertz CT molecular complexity index is 1810. The van der Waals surface area contributed by atoms with Crippen LogP contribution >= 0.6 is 22.9 Å². The molecule has 1 saturated heterocycles. The van der Waals surface area contributed by atoms with E-state index in [1.54, 1.807) is 14.2 Å². The molecule has 0 N–H and O–H groups in total. The van der Waals surface area contributed by atoms with E-state index in [-0.39, 0.29) is 5.91 Å². The summed E-state index contributed by atoms with van der Waals surface area (Å²) in [6, 6.07) is 32.3. The number of hydrogen-bond acceptors (Lipinski definition) is 8. The summed E-state index contributed by atoms with van der Waals surface area (Å²) in [4.78, 5) is 24.8. The predicted octanol–water partition coefficient (Wildman–Crippen LogP) is 7.60. The Morgan fingerprint density at radius 1 is 0.816 bits per heavy atom. The summed E-state index contributed by atoms with van der Waals surface area (Å²) in [6.07, 6.45) is 0.811. The summed E-state index contributed by atoms with van der Waals surface area (Å²) in [5.74, 6) is 2.24. The molecule has 49 heavy (non-hydrogen) atoms. The fourth-order valence-electron chi connectivity index (χ4n) is 5.92. The number of methoxy groups -OCH3 is 2. The lowest BCUT2D eigenvalue weighted by Gasteiger charge is -2.36. The molecule has 2 heterocycles. The van der Waals surface area contributed by atoms with E-state index in [1.807, 2.05) is 77.0 Å². The van der Waals surface area contributed by atoms with Gasteiger partial charge in [0, 0.05) is 44.6 Å². The maximum Gasteiger partial charge on any atom is 0.273 e. The van der Waals surface area contributed by atoms with Gasteiger partial charge in [0.2, 0.25) is 0 Å². The summed E-state index contributed by atoms with van der Waals surface area (Å²) in [5, 5.41) is 3.53. The molecular formula is C39H41ClN4O4S. The summed E-state index contributed by atoms with van der Waals surface area (Å²) < 4.78 is 17.0. The average molecular weight is 697 g/mol. The number of benzene rings is 4. The summed E-state index contributed by atoms with van der Waals surface area (Å²) >= 11 is 7.96. The molecule has 1 aliphatic heterocycles. The van der Waals surface area contributed by atoms with Gasteiger partial charge < -0.3 is 24.0 Å². The van der Waals surface area contributed by atoms with Crippen molar-refractivity contribution in [2.75, 3.05) is 51.8 Å². The third kappa shape index (κ3) is 9.12. The van der Waals surface area contributed by atoms with E-state index in [1.165, 1.54) is 16.9 Å². The van der Waals surface area contributed by atoms with Gasteiger partial charge in [-0.25, -0.2) is 4.98 Å². The van der Waals surface area contributed by atoms with E-state index in [9.17, 15) is 4.79 Å². The molecule has 5 aromatic rings. The van der Waals surface area contributed by atoms with Crippen LogP contribution in [0.1, 0.15) is 32.2 Å². The van der Waals surface area contributed by atoms with Crippen LogP contribution in [0.4, 0.5) is 5.69 Å². The quantitative estimate of drug-likeness (QED) is 0.119. The first-order valence-corrected chi connectivity index (χ1v) is 17.7. The number of anilines is 1. The number of amides is 1. The zero-order valence-corrected chi connectivity index (χ0v) is 29.5. The summed E-state index contributed by atoms with van der Waals surface area (Å²) in [6.45, 7) is 5.36. The fourth-order valence-corrected chi connectivity index (χ4v) is 6.99. The van der Waals surface area contributed by atoms with E-state index in [0.717, 1.165) is 65.2 Å². The van der Waals surface area contributed by atoms with E-state index in [0.29, 0.717) is 43.4 Å². The second kappa shape index (κ2) is 16.7. The molecule has 0 aliphatic carbocycles. The molecule has 10 heteroatoms. The van der Waals surface area contributed by atoms with Crippen molar-refractivity contribution in [3.05, 3.63) is 135 Å². The number of piperazine rings is 1. The number of rotatable bonds is 14. The molecule has 1 aliphatic rings. The van der Waals surface area contributed by atoms with Crippen LogP contribution in [0.25, 0.3) is 0 Å². The first-order valence-electron chi connectivity index (χ1n) is 16.4. The molecule has 1 aromatic heterocycles. The van der Waals surface area contributed by atoms with Gasteiger partial charge in [0.05, 0.1) is 31.5 Å². The van der Waals surface area contributed by atoms with E-state index in [4.69, 9.17) is 30.8 Å². The van der Waals surface area contributed by atoms with Crippen molar-refractivity contribution in [3.63, 3.8) is 0 Å². The zero-order chi connectivity index (χ0) is 34.0. The maximum absolute atomic E-state index is 13.5. The Labute approximate surface area is 297 Å². The Balaban J connectivity index is 1.10. The molecule has 0 radical (unpaired) electrons. The van der Waals surface area contributed by atoms with Gasteiger partial charge in [0.15, 0.2) is 11.5 Å². The summed E-state index contributed by atoms with van der Waals surface area (Å²) in [5.41, 5.74) is 4.97. The van der Waals surface area contributed by atoms with E-state index >= 15 is 0 Å². The molecule has 0 spiro atoms. The number of carbonyl (C=O) groups excluding carboxylic acids is 1. The van der Waals surface area contributed by atoms with Crippen LogP contribution in [0.3, 0.4) is 0 Å². The van der Waals surface area contributed by atoms with Gasteiger partial charge in [-0.1, -0.05) is 72.3 Å². The largest absolute Gasteiger partial charge is 0.493 e. The van der Waals surface area contributed by atoms with Crippen molar-refractivity contribution in [2.24, 2.45) is 0 Å². The Morgan fingerprint density at radius 3 is 2.27 bits per heavy atom. The van der Waals surface area contributed by atoms with Gasteiger partial charge in [-0.05, 0) is 59.5 Å². The third-order valence-corrected chi connectivity index (χ3v) is 9.79. The molecule has 254 valence electrons.